The number of anilines is 1. The first kappa shape index (κ1) is 29.0. The maximum Gasteiger partial charge on any atom is 0.472 e. The Labute approximate surface area is 222 Å². The van der Waals surface area contributed by atoms with Gasteiger partial charge in [-0.25, -0.2) is 14.1 Å². The van der Waals surface area contributed by atoms with Crippen molar-refractivity contribution in [1.29, 1.82) is 5.41 Å². The molecule has 3 heterocycles. The zero-order valence-corrected chi connectivity index (χ0v) is 21.8. The summed E-state index contributed by atoms with van der Waals surface area (Å²) in [5.74, 6) is 0.818. The van der Waals surface area contributed by atoms with Crippen molar-refractivity contribution in [3.63, 3.8) is 0 Å². The molecule has 15 nitrogen and oxygen atoms in total. The van der Waals surface area contributed by atoms with E-state index in [0.717, 1.165) is 11.8 Å². The number of phosphoric ester groups is 1. The van der Waals surface area contributed by atoms with Gasteiger partial charge >= 0.3 is 7.82 Å². The lowest BCUT2D eigenvalue weighted by atomic mass is 9.92. The van der Waals surface area contributed by atoms with Crippen molar-refractivity contribution in [2.75, 3.05) is 32.7 Å². The van der Waals surface area contributed by atoms with Gasteiger partial charge in [0.1, 0.15) is 42.0 Å². The highest BCUT2D eigenvalue weighted by Crippen LogP contribution is 2.46. The number of aliphatic hydroxyl groups is 3. The largest absolute Gasteiger partial charge is 0.497 e. The number of hydrogen-bond donors (Lipinski definition) is 6. The first-order valence-corrected chi connectivity index (χ1v) is 13.2. The van der Waals surface area contributed by atoms with Gasteiger partial charge in [-0.2, -0.15) is 5.10 Å². The van der Waals surface area contributed by atoms with Gasteiger partial charge in [0.25, 0.3) is 0 Å². The van der Waals surface area contributed by atoms with Crippen LogP contribution in [0, 0.1) is 5.41 Å². The zero-order valence-electron chi connectivity index (χ0n) is 20.9. The molecule has 7 N–H and O–H groups in total. The molecule has 1 fully saturated rings. The van der Waals surface area contributed by atoms with Crippen LogP contribution in [-0.2, 0) is 35.3 Å². The highest BCUT2D eigenvalue weighted by atomic mass is 31.2. The van der Waals surface area contributed by atoms with Gasteiger partial charge in [-0.3, -0.25) is 9.05 Å². The number of hydrogen-bond acceptors (Lipinski definition) is 13. The van der Waals surface area contributed by atoms with E-state index in [1.807, 2.05) is 0 Å². The van der Waals surface area contributed by atoms with Crippen LogP contribution in [0.25, 0.3) is 5.52 Å². The lowest BCUT2D eigenvalue weighted by Crippen LogP contribution is -2.43. The average Bonchev–Trinajstić information content (AvgIpc) is 3.48. The minimum absolute atomic E-state index is 0.103. The second kappa shape index (κ2) is 12.0. The number of nitrogen functional groups attached to an aromatic ring is 1. The first-order chi connectivity index (χ1) is 18.6. The molecule has 0 bridgehead atoms. The molecule has 0 saturated carbocycles. The number of ether oxygens (including phenoxy) is 3. The second-order valence-corrected chi connectivity index (χ2v) is 10.2. The number of phosphoric acid groups is 1. The quantitative estimate of drug-likeness (QED) is 0.118. The highest BCUT2D eigenvalue weighted by Gasteiger charge is 2.56. The molecular formula is C23H30N5O10P. The number of benzene rings is 1. The molecular weight excluding hydrogens is 537 g/mol. The lowest BCUT2D eigenvalue weighted by Gasteiger charge is -2.27. The maximum atomic E-state index is 12.5. The molecule has 1 aliphatic heterocycles. The van der Waals surface area contributed by atoms with Gasteiger partial charge in [0.15, 0.2) is 11.4 Å². The molecule has 1 aromatic carbocycles. The first-order valence-electron chi connectivity index (χ1n) is 11.8. The van der Waals surface area contributed by atoms with Crippen molar-refractivity contribution >= 4 is 25.4 Å². The smallest absolute Gasteiger partial charge is 0.472 e. The van der Waals surface area contributed by atoms with Crippen LogP contribution in [0.2, 0.25) is 0 Å². The van der Waals surface area contributed by atoms with Gasteiger partial charge in [0, 0.05) is 6.21 Å². The molecule has 3 aromatic rings. The number of nitrogens with zero attached hydrogens (tertiary/aromatic N) is 3. The fourth-order valence-electron chi connectivity index (χ4n) is 4.11. The molecule has 0 radical (unpaired) electrons. The van der Waals surface area contributed by atoms with E-state index >= 15 is 0 Å². The maximum absolute atomic E-state index is 12.5. The summed E-state index contributed by atoms with van der Waals surface area (Å²) in [4.78, 5) is 14.0. The standard InChI is InChI=1S/C23H30N5O10P/c1-34-15-4-2-14(3-5-15)9-35-16(8-29)10-36-39(32,33)37-11-18-20(30)21(31)23(12-24,38-18)19-7-6-17-22(25)26-13-27-28(17)19/h2-7,12-13,16,18,20-21,24,29-31H,8-11H2,1H3,(H,32,33)(H2,25,26,27)/t16-,18-,20?,21?,23+/m1/s1. The van der Waals surface area contributed by atoms with Crippen LogP contribution in [0.15, 0.2) is 42.7 Å². The highest BCUT2D eigenvalue weighted by molar-refractivity contribution is 7.47. The molecule has 3 unspecified atom stereocenters. The minimum atomic E-state index is -4.70. The minimum Gasteiger partial charge on any atom is -0.497 e. The Morgan fingerprint density at radius 3 is 2.67 bits per heavy atom. The van der Waals surface area contributed by atoms with Crippen LogP contribution in [-0.4, -0.2) is 92.4 Å². The van der Waals surface area contributed by atoms with Crippen LogP contribution < -0.4 is 10.5 Å². The molecule has 0 aliphatic carbocycles. The predicted molar refractivity (Wildman–Crippen MR) is 135 cm³/mol. The molecule has 1 saturated heterocycles. The molecule has 6 atom stereocenters. The molecule has 0 spiro atoms. The molecule has 16 heteroatoms. The van der Waals surface area contributed by atoms with Crippen LogP contribution >= 0.6 is 7.82 Å². The van der Waals surface area contributed by atoms with Gasteiger partial charge in [-0.15, -0.1) is 0 Å². The van der Waals surface area contributed by atoms with Crippen molar-refractivity contribution < 1.29 is 48.0 Å². The fraction of sp³-hybridized carbons (Fsp3) is 0.435. The monoisotopic (exact) mass is 567 g/mol. The van der Waals surface area contributed by atoms with Crippen molar-refractivity contribution in [2.24, 2.45) is 0 Å². The van der Waals surface area contributed by atoms with Gasteiger partial charge < -0.3 is 45.6 Å². The van der Waals surface area contributed by atoms with E-state index in [2.05, 4.69) is 10.1 Å². The Bertz CT molecular complexity index is 1320. The Hall–Kier alpha value is -2.98. The molecule has 0 amide bonds. The summed E-state index contributed by atoms with van der Waals surface area (Å²) in [6.07, 6.45) is -3.54. The van der Waals surface area contributed by atoms with E-state index in [-0.39, 0.29) is 18.1 Å². The molecule has 212 valence electrons. The predicted octanol–water partition coefficient (Wildman–Crippen LogP) is -0.00313. The zero-order chi connectivity index (χ0) is 28.2. The number of rotatable bonds is 13. The number of nitrogens with one attached hydrogen (secondary N) is 1. The summed E-state index contributed by atoms with van der Waals surface area (Å²) in [7, 11) is -3.16. The molecule has 1 aliphatic rings. The topological polar surface area (TPSA) is 224 Å². The number of nitrogens with two attached hydrogens (primary N) is 1. The Kier molecular flexibility index (Phi) is 8.96. The Morgan fingerprint density at radius 1 is 1.26 bits per heavy atom. The van der Waals surface area contributed by atoms with E-state index in [4.69, 9.17) is 34.4 Å². The summed E-state index contributed by atoms with van der Waals surface area (Å²) in [5, 5.41) is 43.0. The van der Waals surface area contributed by atoms with E-state index in [9.17, 15) is 24.8 Å². The van der Waals surface area contributed by atoms with Gasteiger partial charge in [0.05, 0.1) is 39.2 Å². The lowest BCUT2D eigenvalue weighted by molar-refractivity contribution is -0.0582. The van der Waals surface area contributed by atoms with Gasteiger partial charge in [-0.05, 0) is 29.8 Å². The van der Waals surface area contributed by atoms with Gasteiger partial charge in [-0.1, -0.05) is 12.1 Å². The summed E-state index contributed by atoms with van der Waals surface area (Å²) in [6, 6.07) is 10.1. The van der Waals surface area contributed by atoms with Gasteiger partial charge in [0.2, 0.25) is 0 Å². The average molecular weight is 567 g/mol. The van der Waals surface area contributed by atoms with Crippen molar-refractivity contribution in [2.45, 2.75) is 36.6 Å². The second-order valence-electron chi connectivity index (χ2n) is 8.71. The Morgan fingerprint density at radius 2 is 2.00 bits per heavy atom. The SMILES string of the molecule is COc1ccc(CO[C@H](CO)COP(=O)(O)OC[C@H]2O[C@@](C=N)(c3ccc4c(N)ncnn34)C(O)C2O)cc1. The van der Waals surface area contributed by atoms with Crippen LogP contribution in [0.4, 0.5) is 5.82 Å². The number of aliphatic hydroxyl groups excluding tert-OH is 3. The number of methoxy groups -OCH3 is 1. The third kappa shape index (κ3) is 6.11. The van der Waals surface area contributed by atoms with Crippen LogP contribution in [0.5, 0.6) is 5.75 Å². The van der Waals surface area contributed by atoms with Crippen LogP contribution in [0.1, 0.15) is 11.3 Å². The summed E-state index contributed by atoms with van der Waals surface area (Å²) < 4.78 is 40.2. The summed E-state index contributed by atoms with van der Waals surface area (Å²) >= 11 is 0. The summed E-state index contributed by atoms with van der Waals surface area (Å²) in [6.45, 7) is -1.53. The summed E-state index contributed by atoms with van der Waals surface area (Å²) in [5.41, 5.74) is 5.34. The molecule has 4 rings (SSSR count). The van der Waals surface area contributed by atoms with E-state index in [1.54, 1.807) is 37.4 Å². The van der Waals surface area contributed by atoms with E-state index < -0.39 is 57.7 Å². The molecule has 39 heavy (non-hydrogen) atoms. The van der Waals surface area contributed by atoms with Crippen molar-refractivity contribution in [1.82, 2.24) is 14.6 Å². The fourth-order valence-corrected chi connectivity index (χ4v) is 4.87. The Balaban J connectivity index is 1.35. The third-order valence-corrected chi connectivity index (χ3v) is 7.21. The molecule has 2 aromatic heterocycles. The van der Waals surface area contributed by atoms with E-state index in [0.29, 0.717) is 11.3 Å². The number of fused-ring (bicyclic) bond motifs is 1. The van der Waals surface area contributed by atoms with Crippen molar-refractivity contribution in [3.05, 3.63) is 54.0 Å². The third-order valence-electron chi connectivity index (χ3n) is 6.26. The van der Waals surface area contributed by atoms with E-state index in [1.165, 1.54) is 16.9 Å². The normalized spacial score (nSPS) is 25.4. The van der Waals surface area contributed by atoms with Crippen molar-refractivity contribution in [3.8, 4) is 5.75 Å². The number of aromatic nitrogens is 3. The van der Waals surface area contributed by atoms with Crippen LogP contribution in [0.3, 0.4) is 0 Å².